The lowest BCUT2D eigenvalue weighted by molar-refractivity contribution is -0.278. The molecule has 186 valence electrons. The highest BCUT2D eigenvalue weighted by molar-refractivity contribution is 5.65. The summed E-state index contributed by atoms with van der Waals surface area (Å²) in [6.07, 6.45) is -7.17. The third-order valence-electron chi connectivity index (χ3n) is 6.61. The number of fused-ring (bicyclic) bond motifs is 6. The second kappa shape index (κ2) is 8.45. The molecule has 6 rings (SSSR count). The maximum atomic E-state index is 11.1. The van der Waals surface area contributed by atoms with E-state index in [1.54, 1.807) is 12.1 Å². The fourth-order valence-electron chi connectivity index (χ4n) is 4.78. The zero-order valence-electron chi connectivity index (χ0n) is 18.7. The van der Waals surface area contributed by atoms with Gasteiger partial charge in [0, 0.05) is 30.2 Å². The molecule has 3 N–H and O–H groups in total. The van der Waals surface area contributed by atoms with Crippen molar-refractivity contribution in [2.45, 2.75) is 49.7 Å². The van der Waals surface area contributed by atoms with Crippen LogP contribution in [0.3, 0.4) is 0 Å². The summed E-state index contributed by atoms with van der Waals surface area (Å²) >= 11 is 0. The summed E-state index contributed by atoms with van der Waals surface area (Å²) in [6.45, 7) is 1.49. The number of ether oxygens (including phenoxy) is 7. The van der Waals surface area contributed by atoms with Crippen molar-refractivity contribution >= 4 is 5.97 Å². The molecule has 0 bridgehead atoms. The molecule has 2 aromatic carbocycles. The first-order valence-corrected chi connectivity index (χ1v) is 11.3. The van der Waals surface area contributed by atoms with Gasteiger partial charge in [-0.25, -0.2) is 0 Å². The maximum Gasteiger partial charge on any atom is 0.302 e. The SMILES string of the molecule is CC(=O)OC[C@@H]1O[C@@H](Oc2ccc3c(c2)OC[C@H]2c4cc5c(cc4O[C@@H]32)OCO5)[C@H](O)[C@@H](O)[C@@H]1O. The molecule has 0 spiro atoms. The highest BCUT2D eigenvalue weighted by Gasteiger charge is 2.46. The van der Waals surface area contributed by atoms with Crippen LogP contribution >= 0.6 is 0 Å². The van der Waals surface area contributed by atoms with Gasteiger partial charge in [0.25, 0.3) is 0 Å². The number of aliphatic hydroxyl groups excluding tert-OH is 3. The Labute approximate surface area is 199 Å². The van der Waals surface area contributed by atoms with E-state index in [0.717, 1.165) is 16.9 Å². The summed E-state index contributed by atoms with van der Waals surface area (Å²) in [4.78, 5) is 11.1. The molecule has 35 heavy (non-hydrogen) atoms. The second-order valence-electron chi connectivity index (χ2n) is 8.83. The molecule has 11 nitrogen and oxygen atoms in total. The van der Waals surface area contributed by atoms with E-state index < -0.39 is 36.7 Å². The maximum absolute atomic E-state index is 11.1. The molecule has 0 aromatic heterocycles. The van der Waals surface area contributed by atoms with E-state index in [4.69, 9.17) is 33.2 Å². The van der Waals surface area contributed by atoms with Gasteiger partial charge in [-0.2, -0.15) is 0 Å². The van der Waals surface area contributed by atoms with Crippen molar-refractivity contribution in [3.8, 4) is 28.7 Å². The van der Waals surface area contributed by atoms with Gasteiger partial charge in [0.15, 0.2) is 11.5 Å². The molecule has 7 atom stereocenters. The van der Waals surface area contributed by atoms with Crippen LogP contribution < -0.4 is 23.7 Å². The van der Waals surface area contributed by atoms with Crippen LogP contribution in [0.5, 0.6) is 28.7 Å². The molecule has 4 aliphatic rings. The smallest absolute Gasteiger partial charge is 0.302 e. The molecule has 2 aromatic rings. The van der Waals surface area contributed by atoms with Crippen molar-refractivity contribution in [3.05, 3.63) is 41.5 Å². The molecule has 4 aliphatic heterocycles. The van der Waals surface area contributed by atoms with Gasteiger partial charge in [-0.1, -0.05) is 0 Å². The first-order chi connectivity index (χ1) is 16.9. The van der Waals surface area contributed by atoms with Crippen molar-refractivity contribution in [2.24, 2.45) is 0 Å². The highest BCUT2D eigenvalue weighted by atomic mass is 16.7. The first kappa shape index (κ1) is 22.2. The van der Waals surface area contributed by atoms with Gasteiger partial charge in [-0.15, -0.1) is 0 Å². The Hall–Kier alpha value is -3.25. The van der Waals surface area contributed by atoms with Gasteiger partial charge in [0.1, 0.15) is 54.4 Å². The Balaban J connectivity index is 1.19. The molecular weight excluding hydrogens is 464 g/mol. The lowest BCUT2D eigenvalue weighted by Crippen LogP contribution is -2.60. The minimum Gasteiger partial charge on any atom is -0.492 e. The zero-order valence-corrected chi connectivity index (χ0v) is 18.7. The highest BCUT2D eigenvalue weighted by Crippen LogP contribution is 2.54. The number of carbonyl (C=O) groups excluding carboxylic acids is 1. The number of carbonyl (C=O) groups is 1. The average Bonchev–Trinajstić information content (AvgIpc) is 3.45. The lowest BCUT2D eigenvalue weighted by atomic mass is 9.89. The largest absolute Gasteiger partial charge is 0.492 e. The predicted molar refractivity (Wildman–Crippen MR) is 115 cm³/mol. The second-order valence-corrected chi connectivity index (χ2v) is 8.83. The quantitative estimate of drug-likeness (QED) is 0.526. The lowest BCUT2D eigenvalue weighted by Gasteiger charge is -2.40. The monoisotopic (exact) mass is 488 g/mol. The van der Waals surface area contributed by atoms with Crippen molar-refractivity contribution in [1.29, 1.82) is 0 Å². The topological polar surface area (TPSA) is 142 Å². The van der Waals surface area contributed by atoms with Gasteiger partial charge < -0.3 is 48.5 Å². The molecule has 0 radical (unpaired) electrons. The van der Waals surface area contributed by atoms with Crippen molar-refractivity contribution < 1.29 is 53.3 Å². The van der Waals surface area contributed by atoms with Crippen LogP contribution in [0, 0.1) is 0 Å². The van der Waals surface area contributed by atoms with Crippen LogP contribution in [-0.4, -0.2) is 72.0 Å². The molecule has 0 unspecified atom stereocenters. The van der Waals surface area contributed by atoms with E-state index in [2.05, 4.69) is 0 Å². The molecule has 11 heteroatoms. The van der Waals surface area contributed by atoms with Gasteiger partial charge in [0.05, 0.1) is 12.5 Å². The van der Waals surface area contributed by atoms with Crippen LogP contribution in [0.1, 0.15) is 30.1 Å². The first-order valence-electron chi connectivity index (χ1n) is 11.3. The normalized spacial score (nSPS) is 31.9. The molecule has 1 fully saturated rings. The van der Waals surface area contributed by atoms with Crippen LogP contribution in [0.2, 0.25) is 0 Å². The van der Waals surface area contributed by atoms with Crippen LogP contribution in [0.25, 0.3) is 0 Å². The summed E-state index contributed by atoms with van der Waals surface area (Å²) in [7, 11) is 0. The molecule has 0 amide bonds. The molecular formula is C24H24O11. The van der Waals surface area contributed by atoms with E-state index >= 15 is 0 Å². The average molecular weight is 488 g/mol. The number of benzene rings is 2. The summed E-state index contributed by atoms with van der Waals surface area (Å²) in [5.41, 5.74) is 1.83. The van der Waals surface area contributed by atoms with E-state index in [0.29, 0.717) is 29.6 Å². The fraction of sp³-hybridized carbons (Fsp3) is 0.458. The summed E-state index contributed by atoms with van der Waals surface area (Å²) in [6, 6.07) is 8.91. The van der Waals surface area contributed by atoms with E-state index in [1.807, 2.05) is 18.2 Å². The molecule has 0 saturated carbocycles. The standard InChI is InChI=1S/C24H24O11/c1-10(25)29-8-19-20(26)21(27)22(28)24(35-19)33-11-2-3-12-15(4-11)30-7-14-13-5-17-18(32-9-31-17)6-16(13)34-23(12)14/h2-6,14,19-24,26-28H,7-9H2,1H3/t14-,19-,20+,21-,22+,23-,24+/m0/s1. The number of hydrogen-bond acceptors (Lipinski definition) is 11. The Morgan fingerprint density at radius 3 is 2.54 bits per heavy atom. The van der Waals surface area contributed by atoms with Crippen molar-refractivity contribution in [3.63, 3.8) is 0 Å². The Bertz CT molecular complexity index is 1150. The fourth-order valence-corrected chi connectivity index (χ4v) is 4.78. The number of hydrogen-bond donors (Lipinski definition) is 3. The minimum atomic E-state index is -1.55. The van der Waals surface area contributed by atoms with E-state index in [1.165, 1.54) is 6.92 Å². The minimum absolute atomic E-state index is 0.0130. The number of rotatable bonds is 4. The van der Waals surface area contributed by atoms with Gasteiger partial charge in [-0.3, -0.25) is 4.79 Å². The number of aliphatic hydroxyl groups is 3. The van der Waals surface area contributed by atoms with Gasteiger partial charge >= 0.3 is 5.97 Å². The van der Waals surface area contributed by atoms with Crippen molar-refractivity contribution in [2.75, 3.05) is 20.0 Å². The van der Waals surface area contributed by atoms with Crippen molar-refractivity contribution in [1.82, 2.24) is 0 Å². The molecule has 0 aliphatic carbocycles. The molecule has 1 saturated heterocycles. The summed E-state index contributed by atoms with van der Waals surface area (Å²) in [5.74, 6) is 2.36. The number of esters is 1. The Kier molecular flexibility index (Phi) is 5.37. The predicted octanol–water partition coefficient (Wildman–Crippen LogP) is 0.774. The Morgan fingerprint density at radius 1 is 0.943 bits per heavy atom. The summed E-state index contributed by atoms with van der Waals surface area (Å²) < 4.78 is 39.4. The van der Waals surface area contributed by atoms with Crippen LogP contribution in [0.4, 0.5) is 0 Å². The molecule has 4 heterocycles. The Morgan fingerprint density at radius 2 is 1.74 bits per heavy atom. The van der Waals surface area contributed by atoms with Crippen LogP contribution in [-0.2, 0) is 14.3 Å². The third-order valence-corrected chi connectivity index (χ3v) is 6.61. The van der Waals surface area contributed by atoms with E-state index in [9.17, 15) is 20.1 Å². The van der Waals surface area contributed by atoms with Gasteiger partial charge in [0.2, 0.25) is 13.1 Å². The summed E-state index contributed by atoms with van der Waals surface area (Å²) in [5, 5.41) is 30.7. The van der Waals surface area contributed by atoms with Gasteiger partial charge in [-0.05, 0) is 18.2 Å². The zero-order chi connectivity index (χ0) is 24.3. The van der Waals surface area contributed by atoms with E-state index in [-0.39, 0.29) is 25.4 Å². The van der Waals surface area contributed by atoms with Crippen LogP contribution in [0.15, 0.2) is 30.3 Å². The third kappa shape index (κ3) is 3.80.